The lowest BCUT2D eigenvalue weighted by Gasteiger charge is -2.27. The smallest absolute Gasteiger partial charge is 0.259 e. The summed E-state index contributed by atoms with van der Waals surface area (Å²) in [6.45, 7) is 2.28. The molecule has 2 amide bonds. The highest BCUT2D eigenvalue weighted by atomic mass is 32.2. The van der Waals surface area contributed by atoms with Gasteiger partial charge in [0, 0.05) is 18.5 Å². The van der Waals surface area contributed by atoms with Crippen molar-refractivity contribution in [3.63, 3.8) is 0 Å². The van der Waals surface area contributed by atoms with Gasteiger partial charge in [-0.15, -0.1) is 0 Å². The van der Waals surface area contributed by atoms with Crippen LogP contribution in [0.1, 0.15) is 23.6 Å². The van der Waals surface area contributed by atoms with Crippen LogP contribution in [0.5, 0.6) is 0 Å². The quantitative estimate of drug-likeness (QED) is 0.585. The number of hydrogen-bond donors (Lipinski definition) is 1. The summed E-state index contributed by atoms with van der Waals surface area (Å²) in [6, 6.07) is 26.8. The molecule has 2 atom stereocenters. The van der Waals surface area contributed by atoms with E-state index in [1.165, 1.54) is 11.8 Å². The van der Waals surface area contributed by atoms with E-state index in [0.717, 1.165) is 22.4 Å². The van der Waals surface area contributed by atoms with Crippen molar-refractivity contribution in [3.8, 4) is 0 Å². The fourth-order valence-corrected chi connectivity index (χ4v) is 4.93. The first-order valence-electron chi connectivity index (χ1n) is 11.2. The molecule has 7 heteroatoms. The predicted molar refractivity (Wildman–Crippen MR) is 136 cm³/mol. The second-order valence-corrected chi connectivity index (χ2v) is 9.51. The minimum Gasteiger partial charge on any atom is -0.351 e. The van der Waals surface area contributed by atoms with Gasteiger partial charge >= 0.3 is 0 Å². The van der Waals surface area contributed by atoms with Crippen LogP contribution in [0.4, 0.5) is 5.69 Å². The fourth-order valence-electron chi connectivity index (χ4n) is 3.99. The van der Waals surface area contributed by atoms with Gasteiger partial charge in [0.05, 0.1) is 10.9 Å². The van der Waals surface area contributed by atoms with Gasteiger partial charge in [0.2, 0.25) is 5.91 Å². The molecular weight excluding hydrogens is 444 g/mol. The van der Waals surface area contributed by atoms with E-state index in [9.17, 15) is 9.59 Å². The molecule has 1 N–H and O–H groups in total. The SMILES string of the molecule is C[C@@H](SC1=Nc2ccccc2C2=N[C@@H](Cc3ccccc3)C(=O)N12)C(=O)NCc1ccccc1. The Kier molecular flexibility index (Phi) is 6.27. The number of carbonyl (C=O) groups excluding carboxylic acids is 2. The van der Waals surface area contributed by atoms with Crippen LogP contribution in [0.3, 0.4) is 0 Å². The van der Waals surface area contributed by atoms with Crippen molar-refractivity contribution >= 4 is 40.3 Å². The predicted octanol–water partition coefficient (Wildman–Crippen LogP) is 4.33. The van der Waals surface area contributed by atoms with Crippen LogP contribution in [-0.2, 0) is 22.6 Å². The van der Waals surface area contributed by atoms with E-state index < -0.39 is 11.3 Å². The van der Waals surface area contributed by atoms with E-state index in [1.807, 2.05) is 91.9 Å². The monoisotopic (exact) mass is 468 g/mol. The second-order valence-electron chi connectivity index (χ2n) is 8.21. The number of amidine groups is 2. The molecule has 2 aliphatic rings. The normalized spacial score (nSPS) is 17.4. The first kappa shape index (κ1) is 22.1. The van der Waals surface area contributed by atoms with Crippen molar-refractivity contribution in [2.75, 3.05) is 0 Å². The minimum absolute atomic E-state index is 0.110. The van der Waals surface area contributed by atoms with Gasteiger partial charge in [0.1, 0.15) is 11.9 Å². The zero-order valence-corrected chi connectivity index (χ0v) is 19.5. The number of thioether (sulfide) groups is 1. The van der Waals surface area contributed by atoms with Crippen LogP contribution in [-0.4, -0.2) is 39.0 Å². The molecule has 3 aromatic carbocycles. The third-order valence-corrected chi connectivity index (χ3v) is 6.83. The largest absolute Gasteiger partial charge is 0.351 e. The van der Waals surface area contributed by atoms with Crippen molar-refractivity contribution in [3.05, 3.63) is 102 Å². The zero-order chi connectivity index (χ0) is 23.5. The fraction of sp³-hybridized carbons (Fsp3) is 0.185. The molecule has 0 aromatic heterocycles. The maximum atomic E-state index is 13.4. The number of amides is 2. The zero-order valence-electron chi connectivity index (χ0n) is 18.7. The molecule has 0 saturated heterocycles. The van der Waals surface area contributed by atoms with Crippen LogP contribution in [0.25, 0.3) is 0 Å². The van der Waals surface area contributed by atoms with Crippen molar-refractivity contribution in [1.82, 2.24) is 10.2 Å². The molecule has 0 spiro atoms. The van der Waals surface area contributed by atoms with Crippen molar-refractivity contribution in [2.45, 2.75) is 31.2 Å². The van der Waals surface area contributed by atoms with Gasteiger partial charge in [-0.3, -0.25) is 14.6 Å². The molecule has 0 radical (unpaired) electrons. The molecule has 0 saturated carbocycles. The summed E-state index contributed by atoms with van der Waals surface area (Å²) >= 11 is 1.28. The van der Waals surface area contributed by atoms with Crippen LogP contribution >= 0.6 is 11.8 Å². The van der Waals surface area contributed by atoms with Crippen molar-refractivity contribution in [1.29, 1.82) is 0 Å². The summed E-state index contributed by atoms with van der Waals surface area (Å²) in [7, 11) is 0. The molecule has 6 nitrogen and oxygen atoms in total. The Bertz CT molecular complexity index is 1270. The number of rotatable bonds is 6. The molecule has 2 aliphatic heterocycles. The molecule has 2 heterocycles. The number of para-hydroxylation sites is 1. The van der Waals surface area contributed by atoms with E-state index in [2.05, 4.69) is 5.32 Å². The van der Waals surface area contributed by atoms with Gasteiger partial charge in [0.25, 0.3) is 5.91 Å². The highest BCUT2D eigenvalue weighted by molar-refractivity contribution is 8.15. The number of nitrogens with one attached hydrogen (secondary N) is 1. The highest BCUT2D eigenvalue weighted by Gasteiger charge is 2.42. The Morgan fingerprint density at radius 2 is 1.62 bits per heavy atom. The van der Waals surface area contributed by atoms with E-state index in [1.54, 1.807) is 4.90 Å². The molecule has 5 rings (SSSR count). The van der Waals surface area contributed by atoms with E-state index in [-0.39, 0.29) is 11.8 Å². The topological polar surface area (TPSA) is 74.1 Å². The van der Waals surface area contributed by atoms with Gasteiger partial charge in [-0.1, -0.05) is 84.6 Å². The lowest BCUT2D eigenvalue weighted by atomic mass is 10.1. The molecule has 34 heavy (non-hydrogen) atoms. The standard InChI is InChI=1S/C27H24N4O2S/c1-18(25(32)28-17-20-12-6-3-7-13-20)34-27-30-22-15-9-8-14-21(22)24-29-23(26(33)31(24)27)16-19-10-4-2-5-11-19/h2-15,18,23H,16-17H2,1H3,(H,28,32)/t18-,23+/m1/s1. The van der Waals surface area contributed by atoms with Crippen LogP contribution in [0.15, 0.2) is 94.9 Å². The summed E-state index contributed by atoms with van der Waals surface area (Å²) in [5.74, 6) is 0.383. The molecular formula is C27H24N4O2S. The average Bonchev–Trinajstić information content (AvgIpc) is 3.20. The Morgan fingerprint density at radius 3 is 2.35 bits per heavy atom. The summed E-state index contributed by atoms with van der Waals surface area (Å²) in [5, 5.41) is 3.02. The number of nitrogens with zero attached hydrogens (tertiary/aromatic N) is 3. The Morgan fingerprint density at radius 1 is 0.971 bits per heavy atom. The molecule has 0 aliphatic carbocycles. The highest BCUT2D eigenvalue weighted by Crippen LogP contribution is 2.35. The summed E-state index contributed by atoms with van der Waals surface area (Å²) in [4.78, 5) is 37.4. The van der Waals surface area contributed by atoms with Crippen molar-refractivity contribution in [2.24, 2.45) is 9.98 Å². The number of benzene rings is 3. The average molecular weight is 469 g/mol. The van der Waals surface area contributed by atoms with Gasteiger partial charge in [0.15, 0.2) is 5.17 Å². The number of fused-ring (bicyclic) bond motifs is 3. The Labute approximate surface area is 202 Å². The maximum Gasteiger partial charge on any atom is 0.259 e. The van der Waals surface area contributed by atoms with E-state index in [4.69, 9.17) is 9.98 Å². The number of hydrogen-bond acceptors (Lipinski definition) is 5. The molecule has 3 aromatic rings. The summed E-state index contributed by atoms with van der Waals surface area (Å²) in [6.07, 6.45) is 0.521. The first-order chi connectivity index (χ1) is 16.6. The van der Waals surface area contributed by atoms with Gasteiger partial charge < -0.3 is 5.32 Å². The Hall–Kier alpha value is -3.71. The Balaban J connectivity index is 1.36. The van der Waals surface area contributed by atoms with Crippen LogP contribution in [0.2, 0.25) is 0 Å². The van der Waals surface area contributed by atoms with E-state index in [0.29, 0.717) is 24.0 Å². The molecule has 170 valence electrons. The number of aliphatic imine (C=N–C) groups is 2. The van der Waals surface area contributed by atoms with Gasteiger partial charge in [-0.05, 0) is 30.2 Å². The third-order valence-electron chi connectivity index (χ3n) is 5.78. The van der Waals surface area contributed by atoms with Crippen molar-refractivity contribution < 1.29 is 9.59 Å². The van der Waals surface area contributed by atoms with Crippen LogP contribution < -0.4 is 5.32 Å². The first-order valence-corrected chi connectivity index (χ1v) is 12.1. The lowest BCUT2D eigenvalue weighted by Crippen LogP contribution is -2.43. The summed E-state index contributed by atoms with van der Waals surface area (Å²) in [5.41, 5.74) is 3.67. The summed E-state index contributed by atoms with van der Waals surface area (Å²) < 4.78 is 0. The third kappa shape index (κ3) is 4.52. The van der Waals surface area contributed by atoms with E-state index >= 15 is 0 Å². The maximum absolute atomic E-state index is 13.4. The molecule has 0 unspecified atom stereocenters. The van der Waals surface area contributed by atoms with Crippen LogP contribution in [0, 0.1) is 0 Å². The molecule has 0 bridgehead atoms. The minimum atomic E-state index is -0.517. The second kappa shape index (κ2) is 9.65. The number of carbonyl (C=O) groups is 2. The van der Waals surface area contributed by atoms with Gasteiger partial charge in [-0.2, -0.15) is 0 Å². The lowest BCUT2D eigenvalue weighted by molar-refractivity contribution is -0.124. The molecule has 0 fully saturated rings. The van der Waals surface area contributed by atoms with Gasteiger partial charge in [-0.25, -0.2) is 9.89 Å².